The van der Waals surface area contributed by atoms with Crippen molar-refractivity contribution in [3.8, 4) is 0 Å². The fourth-order valence-electron chi connectivity index (χ4n) is 1.47. The molecule has 0 aromatic rings. The van der Waals surface area contributed by atoms with Gasteiger partial charge in [-0.15, -0.1) is 0 Å². The van der Waals surface area contributed by atoms with Crippen LogP contribution in [0.3, 0.4) is 0 Å². The minimum atomic E-state index is -3.08. The van der Waals surface area contributed by atoms with E-state index in [4.69, 9.17) is 17.0 Å². The van der Waals surface area contributed by atoms with Crippen LogP contribution in [-0.2, 0) is 28.9 Å². The van der Waals surface area contributed by atoms with Crippen LogP contribution in [0.1, 0.15) is 0 Å². The van der Waals surface area contributed by atoms with E-state index in [9.17, 15) is 18.0 Å². The second-order valence-corrected chi connectivity index (χ2v) is 6.65. The summed E-state index contributed by atoms with van der Waals surface area (Å²) in [6.07, 6.45) is 1.92. The number of rotatable bonds is 5. The van der Waals surface area contributed by atoms with Crippen LogP contribution in [0.15, 0.2) is 12.2 Å². The zero-order valence-corrected chi connectivity index (χ0v) is 12.5. The molecule has 0 amide bonds. The van der Waals surface area contributed by atoms with E-state index < -0.39 is 21.8 Å². The zero-order valence-electron chi connectivity index (χ0n) is 10.9. The number of methoxy groups -OCH3 is 1. The molecule has 0 atom stereocenters. The molecule has 1 fully saturated rings. The second kappa shape index (κ2) is 7.34. The van der Waals surface area contributed by atoms with E-state index in [2.05, 4.69) is 4.74 Å². The van der Waals surface area contributed by atoms with Gasteiger partial charge < -0.3 is 14.4 Å². The zero-order chi connectivity index (χ0) is 15.2. The van der Waals surface area contributed by atoms with Crippen molar-refractivity contribution in [3.63, 3.8) is 0 Å². The number of esters is 2. The third kappa shape index (κ3) is 5.66. The summed E-state index contributed by atoms with van der Waals surface area (Å²) in [5.74, 6) is -1.42. The monoisotopic (exact) mass is 321 g/mol. The van der Waals surface area contributed by atoms with Crippen molar-refractivity contribution in [1.82, 2.24) is 4.90 Å². The van der Waals surface area contributed by atoms with Crippen LogP contribution in [0.5, 0.6) is 0 Å². The van der Waals surface area contributed by atoms with E-state index in [1.54, 1.807) is 4.90 Å². The normalized spacial score (nSPS) is 18.1. The number of nitrogens with zero attached hydrogens (tertiary/aromatic N) is 1. The fourth-order valence-corrected chi connectivity index (χ4v) is 3.39. The summed E-state index contributed by atoms with van der Waals surface area (Å²) in [5, 5.41) is 0. The van der Waals surface area contributed by atoms with Gasteiger partial charge in [0.25, 0.3) is 0 Å². The highest BCUT2D eigenvalue weighted by molar-refractivity contribution is 7.94. The number of hydrogen-bond donors (Lipinski definition) is 0. The van der Waals surface area contributed by atoms with E-state index in [1.165, 1.54) is 7.11 Å². The topological polar surface area (TPSA) is 90.0 Å². The molecule has 7 nitrogen and oxygen atoms in total. The lowest BCUT2D eigenvalue weighted by Crippen LogP contribution is -2.45. The van der Waals surface area contributed by atoms with Crippen LogP contribution in [0.25, 0.3) is 0 Å². The Labute approximate surface area is 122 Å². The van der Waals surface area contributed by atoms with Gasteiger partial charge in [0.05, 0.1) is 24.4 Å². The highest BCUT2D eigenvalue weighted by atomic mass is 32.2. The Hall–Kier alpha value is -1.48. The van der Waals surface area contributed by atoms with Crippen molar-refractivity contribution in [2.75, 3.05) is 38.3 Å². The third-order valence-electron chi connectivity index (χ3n) is 2.53. The molecule has 1 aliphatic heterocycles. The predicted molar refractivity (Wildman–Crippen MR) is 74.9 cm³/mol. The number of ether oxygens (including phenoxy) is 2. The number of carbonyl (C=O) groups excluding carboxylic acids is 2. The average Bonchev–Trinajstić information content (AvgIpc) is 2.37. The molecule has 0 saturated carbocycles. The molecule has 1 rings (SSSR count). The minimum absolute atomic E-state index is 0.0450. The third-order valence-corrected chi connectivity index (χ3v) is 4.63. The first-order valence-electron chi connectivity index (χ1n) is 5.75. The van der Waals surface area contributed by atoms with Gasteiger partial charge in [-0.05, 0) is 0 Å². The van der Waals surface area contributed by atoms with Crippen molar-refractivity contribution in [2.24, 2.45) is 0 Å². The molecule has 0 aromatic carbocycles. The maximum Gasteiger partial charge on any atom is 0.331 e. The molecule has 9 heteroatoms. The van der Waals surface area contributed by atoms with Gasteiger partial charge in [-0.3, -0.25) is 0 Å². The van der Waals surface area contributed by atoms with Gasteiger partial charge >= 0.3 is 11.9 Å². The Morgan fingerprint density at radius 2 is 2.00 bits per heavy atom. The Morgan fingerprint density at radius 3 is 2.60 bits per heavy atom. The largest absolute Gasteiger partial charge is 0.466 e. The van der Waals surface area contributed by atoms with Gasteiger partial charge in [0, 0.05) is 18.7 Å². The van der Waals surface area contributed by atoms with Crippen LogP contribution in [-0.4, -0.2) is 68.6 Å². The average molecular weight is 321 g/mol. The Bertz CT molecular complexity index is 525. The molecule has 0 bridgehead atoms. The Kier molecular flexibility index (Phi) is 6.08. The van der Waals surface area contributed by atoms with Crippen molar-refractivity contribution in [3.05, 3.63) is 12.2 Å². The van der Waals surface area contributed by atoms with Crippen LogP contribution in [0.4, 0.5) is 0 Å². The van der Waals surface area contributed by atoms with E-state index >= 15 is 0 Å². The van der Waals surface area contributed by atoms with E-state index in [0.29, 0.717) is 18.1 Å². The Morgan fingerprint density at radius 1 is 1.35 bits per heavy atom. The summed E-state index contributed by atoms with van der Waals surface area (Å²) in [7, 11) is -1.88. The molecule has 0 N–H and O–H groups in total. The summed E-state index contributed by atoms with van der Waals surface area (Å²) in [5.41, 5.74) is 0. The molecule has 1 saturated heterocycles. The van der Waals surface area contributed by atoms with E-state index in [1.807, 2.05) is 0 Å². The molecule has 0 aromatic heterocycles. The second-order valence-electron chi connectivity index (χ2n) is 4.00. The molecule has 1 heterocycles. The highest BCUT2D eigenvalue weighted by Crippen LogP contribution is 2.06. The summed E-state index contributed by atoms with van der Waals surface area (Å²) in [4.78, 5) is 24.0. The molecule has 20 heavy (non-hydrogen) atoms. The predicted octanol–water partition coefficient (Wildman–Crippen LogP) is -0.683. The number of hydrogen-bond acceptors (Lipinski definition) is 7. The summed E-state index contributed by atoms with van der Waals surface area (Å²) in [6.45, 7) is 0.688. The highest BCUT2D eigenvalue weighted by Gasteiger charge is 2.25. The minimum Gasteiger partial charge on any atom is -0.466 e. The molecule has 1 aliphatic rings. The van der Waals surface area contributed by atoms with Crippen LogP contribution in [0, 0.1) is 0 Å². The van der Waals surface area contributed by atoms with Gasteiger partial charge in [0.15, 0.2) is 9.84 Å². The molecule has 0 unspecified atom stereocenters. The van der Waals surface area contributed by atoms with Gasteiger partial charge in [-0.25, -0.2) is 18.0 Å². The first-order valence-corrected chi connectivity index (χ1v) is 7.98. The van der Waals surface area contributed by atoms with E-state index in [0.717, 1.165) is 12.2 Å². The van der Waals surface area contributed by atoms with Crippen LogP contribution < -0.4 is 0 Å². The first-order chi connectivity index (χ1) is 9.34. The lowest BCUT2D eigenvalue weighted by atomic mass is 10.4. The maximum absolute atomic E-state index is 11.3. The SMILES string of the molecule is COC(=O)/C=C/C(=O)OCCN1CCS(=O)(=O)CC1=S. The number of sulfone groups is 1. The molecular formula is C11H15NO6S2. The summed E-state index contributed by atoms with van der Waals surface area (Å²) in [6, 6.07) is 0. The van der Waals surface area contributed by atoms with Crippen LogP contribution >= 0.6 is 12.2 Å². The smallest absolute Gasteiger partial charge is 0.331 e. The standard InChI is InChI=1S/C11H15NO6S2/c1-17-10(13)2-3-11(14)18-6-4-12-5-7-20(15,16)8-9(12)19/h2-3H,4-8H2,1H3/b3-2+. The Balaban J connectivity index is 2.31. The first kappa shape index (κ1) is 16.6. The van der Waals surface area contributed by atoms with Gasteiger partial charge in [0.2, 0.25) is 0 Å². The maximum atomic E-state index is 11.3. The summed E-state index contributed by atoms with van der Waals surface area (Å²) < 4.78 is 31.8. The number of thiocarbonyl (C=S) groups is 1. The van der Waals surface area contributed by atoms with Crippen molar-refractivity contribution >= 4 is 39.0 Å². The van der Waals surface area contributed by atoms with Crippen molar-refractivity contribution in [1.29, 1.82) is 0 Å². The van der Waals surface area contributed by atoms with Gasteiger partial charge in [-0.2, -0.15) is 0 Å². The molecule has 0 aliphatic carbocycles. The lowest BCUT2D eigenvalue weighted by molar-refractivity contribution is -0.139. The van der Waals surface area contributed by atoms with Gasteiger partial charge in [-0.1, -0.05) is 12.2 Å². The fraction of sp³-hybridized carbons (Fsp3) is 0.545. The molecule has 0 radical (unpaired) electrons. The van der Waals surface area contributed by atoms with Crippen molar-refractivity contribution < 1.29 is 27.5 Å². The van der Waals surface area contributed by atoms with Crippen molar-refractivity contribution in [2.45, 2.75) is 0 Å². The number of carbonyl (C=O) groups is 2. The quantitative estimate of drug-likeness (QED) is 0.374. The molecule has 112 valence electrons. The molecular weight excluding hydrogens is 306 g/mol. The van der Waals surface area contributed by atoms with Gasteiger partial charge in [0.1, 0.15) is 12.4 Å². The van der Waals surface area contributed by atoms with E-state index in [-0.39, 0.29) is 18.1 Å². The van der Waals surface area contributed by atoms with Crippen LogP contribution in [0.2, 0.25) is 0 Å². The molecule has 0 spiro atoms. The lowest BCUT2D eigenvalue weighted by Gasteiger charge is -2.28. The summed E-state index contributed by atoms with van der Waals surface area (Å²) >= 11 is 4.99.